The van der Waals surface area contributed by atoms with Crippen molar-refractivity contribution in [3.8, 4) is 0 Å². The van der Waals surface area contributed by atoms with E-state index in [1.807, 2.05) is 0 Å². The van der Waals surface area contributed by atoms with Crippen molar-refractivity contribution in [2.75, 3.05) is 31.1 Å². The normalized spacial score (nSPS) is 21.0. The zero-order chi connectivity index (χ0) is 13.1. The monoisotopic (exact) mass is 248 g/mol. The number of nitrogen functional groups attached to an aromatic ring is 1. The van der Waals surface area contributed by atoms with Gasteiger partial charge in [0.15, 0.2) is 0 Å². The summed E-state index contributed by atoms with van der Waals surface area (Å²) in [6.45, 7) is 8.48. The van der Waals surface area contributed by atoms with Gasteiger partial charge in [-0.15, -0.1) is 0 Å². The summed E-state index contributed by atoms with van der Waals surface area (Å²) in [6.07, 6.45) is 3.26. The second kappa shape index (κ2) is 5.30. The van der Waals surface area contributed by atoms with Crippen molar-refractivity contribution in [1.29, 1.82) is 5.41 Å². The fourth-order valence-corrected chi connectivity index (χ4v) is 2.30. The van der Waals surface area contributed by atoms with E-state index in [9.17, 15) is 0 Å². The molecule has 0 radical (unpaired) electrons. The van der Waals surface area contributed by atoms with Gasteiger partial charge in [-0.1, -0.05) is 6.92 Å². The van der Waals surface area contributed by atoms with Crippen LogP contribution in [0.2, 0.25) is 0 Å². The van der Waals surface area contributed by atoms with E-state index in [0.717, 1.165) is 32.0 Å². The molecular weight excluding hydrogens is 228 g/mol. The van der Waals surface area contributed by atoms with Crippen LogP contribution in [0.3, 0.4) is 0 Å². The summed E-state index contributed by atoms with van der Waals surface area (Å²) < 4.78 is 0. The molecule has 6 heteroatoms. The minimum absolute atomic E-state index is 0.0433. The highest BCUT2D eigenvalue weighted by Gasteiger charge is 2.23. The first kappa shape index (κ1) is 12.8. The maximum absolute atomic E-state index is 7.29. The van der Waals surface area contributed by atoms with Crippen LogP contribution in [0.1, 0.15) is 19.5 Å². The number of nitrogens with two attached hydrogens (primary N) is 1. The molecule has 0 bridgehead atoms. The topological polar surface area (TPSA) is 82.1 Å². The van der Waals surface area contributed by atoms with Crippen LogP contribution in [-0.4, -0.2) is 52.9 Å². The molecule has 1 aliphatic rings. The predicted molar refractivity (Wildman–Crippen MR) is 72.0 cm³/mol. The van der Waals surface area contributed by atoms with Gasteiger partial charge in [-0.05, 0) is 13.5 Å². The Morgan fingerprint density at radius 3 is 2.72 bits per heavy atom. The molecule has 2 heterocycles. The Morgan fingerprint density at radius 2 is 2.22 bits per heavy atom. The van der Waals surface area contributed by atoms with E-state index in [0.29, 0.717) is 11.7 Å². The minimum Gasteiger partial charge on any atom is -0.382 e. The summed E-state index contributed by atoms with van der Waals surface area (Å²) in [4.78, 5) is 13.2. The molecule has 98 valence electrons. The molecule has 1 atom stereocenters. The van der Waals surface area contributed by atoms with Gasteiger partial charge in [-0.2, -0.15) is 0 Å². The van der Waals surface area contributed by atoms with Gasteiger partial charge >= 0.3 is 0 Å². The number of amidine groups is 1. The fraction of sp³-hybridized carbons (Fsp3) is 0.583. The van der Waals surface area contributed by atoms with E-state index in [1.54, 1.807) is 12.4 Å². The maximum Gasteiger partial charge on any atom is 0.147 e. The molecule has 0 saturated carbocycles. The molecule has 0 aliphatic carbocycles. The van der Waals surface area contributed by atoms with Gasteiger partial charge < -0.3 is 10.6 Å². The summed E-state index contributed by atoms with van der Waals surface area (Å²) in [6, 6.07) is 0.526. The first-order chi connectivity index (χ1) is 8.61. The van der Waals surface area contributed by atoms with Crippen molar-refractivity contribution in [2.24, 2.45) is 5.73 Å². The smallest absolute Gasteiger partial charge is 0.147 e. The SMILES string of the molecule is CCN1CCN(c2cnc(C(=N)N)cn2)CC1C. The molecule has 0 amide bonds. The standard InChI is InChI=1S/C12H20N6/c1-3-17-4-5-18(8-9(17)2)11-7-15-10(6-16-11)12(13)14/h6-7,9H,3-5,8H2,1-2H3,(H3,13,14). The zero-order valence-electron chi connectivity index (χ0n) is 10.9. The minimum atomic E-state index is -0.0433. The van der Waals surface area contributed by atoms with Crippen molar-refractivity contribution in [3.05, 3.63) is 18.1 Å². The summed E-state index contributed by atoms with van der Waals surface area (Å²) in [5.41, 5.74) is 5.79. The van der Waals surface area contributed by atoms with Crippen LogP contribution in [0, 0.1) is 5.41 Å². The van der Waals surface area contributed by atoms with Gasteiger partial charge in [0, 0.05) is 25.7 Å². The van der Waals surface area contributed by atoms with Gasteiger partial charge in [0.05, 0.1) is 12.4 Å². The van der Waals surface area contributed by atoms with Crippen LogP contribution < -0.4 is 10.6 Å². The molecule has 18 heavy (non-hydrogen) atoms. The second-order valence-electron chi connectivity index (χ2n) is 4.60. The Labute approximate surface area is 107 Å². The molecule has 1 saturated heterocycles. The maximum atomic E-state index is 7.29. The number of hydrogen-bond acceptors (Lipinski definition) is 5. The van der Waals surface area contributed by atoms with Gasteiger partial charge in [0.1, 0.15) is 17.3 Å². The van der Waals surface area contributed by atoms with E-state index in [2.05, 4.69) is 33.6 Å². The van der Waals surface area contributed by atoms with Crippen molar-refractivity contribution in [2.45, 2.75) is 19.9 Å². The van der Waals surface area contributed by atoms with Gasteiger partial charge in [-0.25, -0.2) is 9.97 Å². The number of anilines is 1. The number of hydrogen-bond donors (Lipinski definition) is 2. The Bertz CT molecular complexity index is 415. The molecule has 1 aromatic rings. The van der Waals surface area contributed by atoms with Crippen LogP contribution >= 0.6 is 0 Å². The summed E-state index contributed by atoms with van der Waals surface area (Å²) in [5.74, 6) is 0.820. The average Bonchev–Trinajstić information content (AvgIpc) is 2.38. The number of nitrogens with one attached hydrogen (secondary N) is 1. The summed E-state index contributed by atoms with van der Waals surface area (Å²) in [5, 5.41) is 7.29. The number of rotatable bonds is 3. The van der Waals surface area contributed by atoms with Crippen molar-refractivity contribution in [3.63, 3.8) is 0 Å². The van der Waals surface area contributed by atoms with E-state index in [1.165, 1.54) is 0 Å². The first-order valence-electron chi connectivity index (χ1n) is 6.27. The molecule has 3 N–H and O–H groups in total. The van der Waals surface area contributed by atoms with E-state index in [-0.39, 0.29) is 5.84 Å². The lowest BCUT2D eigenvalue weighted by molar-refractivity contribution is 0.199. The predicted octanol–water partition coefficient (Wildman–Crippen LogP) is 0.291. The molecule has 1 fully saturated rings. The number of nitrogens with zero attached hydrogens (tertiary/aromatic N) is 4. The van der Waals surface area contributed by atoms with Crippen molar-refractivity contribution >= 4 is 11.7 Å². The molecule has 1 unspecified atom stereocenters. The molecule has 2 rings (SSSR count). The lowest BCUT2D eigenvalue weighted by Gasteiger charge is -2.39. The van der Waals surface area contributed by atoms with Gasteiger partial charge in [0.25, 0.3) is 0 Å². The Balaban J connectivity index is 2.06. The lowest BCUT2D eigenvalue weighted by Crippen LogP contribution is -2.52. The molecule has 0 spiro atoms. The Morgan fingerprint density at radius 1 is 1.44 bits per heavy atom. The highest BCUT2D eigenvalue weighted by atomic mass is 15.3. The number of likely N-dealkylation sites (N-methyl/N-ethyl adjacent to an activating group) is 1. The molecule has 1 aromatic heterocycles. The van der Waals surface area contributed by atoms with Crippen LogP contribution in [0.4, 0.5) is 5.82 Å². The summed E-state index contributed by atoms with van der Waals surface area (Å²) >= 11 is 0. The Hall–Kier alpha value is -1.69. The average molecular weight is 248 g/mol. The molecule has 1 aliphatic heterocycles. The third-order valence-corrected chi connectivity index (χ3v) is 3.41. The van der Waals surface area contributed by atoms with E-state index in [4.69, 9.17) is 11.1 Å². The van der Waals surface area contributed by atoms with Gasteiger partial charge in [0.2, 0.25) is 0 Å². The third-order valence-electron chi connectivity index (χ3n) is 3.41. The van der Waals surface area contributed by atoms with Crippen LogP contribution in [0.5, 0.6) is 0 Å². The van der Waals surface area contributed by atoms with Crippen molar-refractivity contribution < 1.29 is 0 Å². The molecule has 6 nitrogen and oxygen atoms in total. The van der Waals surface area contributed by atoms with E-state index >= 15 is 0 Å². The highest BCUT2D eigenvalue weighted by molar-refractivity contribution is 5.92. The highest BCUT2D eigenvalue weighted by Crippen LogP contribution is 2.15. The molecule has 0 aromatic carbocycles. The largest absolute Gasteiger partial charge is 0.382 e. The first-order valence-corrected chi connectivity index (χ1v) is 6.27. The quantitative estimate of drug-likeness (QED) is 0.593. The van der Waals surface area contributed by atoms with Crippen LogP contribution in [-0.2, 0) is 0 Å². The lowest BCUT2D eigenvalue weighted by atomic mass is 10.2. The van der Waals surface area contributed by atoms with Crippen LogP contribution in [0.25, 0.3) is 0 Å². The summed E-state index contributed by atoms with van der Waals surface area (Å²) in [7, 11) is 0. The van der Waals surface area contributed by atoms with Crippen molar-refractivity contribution in [1.82, 2.24) is 14.9 Å². The van der Waals surface area contributed by atoms with E-state index < -0.39 is 0 Å². The fourth-order valence-electron chi connectivity index (χ4n) is 2.30. The zero-order valence-corrected chi connectivity index (χ0v) is 10.9. The van der Waals surface area contributed by atoms with Crippen LogP contribution in [0.15, 0.2) is 12.4 Å². The molecular formula is C12H20N6. The Kier molecular flexibility index (Phi) is 3.76. The number of aromatic nitrogens is 2. The number of piperazine rings is 1. The third kappa shape index (κ3) is 2.59. The second-order valence-corrected chi connectivity index (χ2v) is 4.60. The van der Waals surface area contributed by atoms with Gasteiger partial charge in [-0.3, -0.25) is 10.3 Å².